The standard InChI is InChI=1S/C21H26ClN3O3S2/c1-2-10-24(16-17-6-5-14-29-17)13-9-21(26)23-20-15-18(7-8-19(20)22)30(27,28)25-11-3-4-12-25/h2,5-8,14-15H,1,3-4,9-13,16H2,(H,23,26). The number of benzene rings is 1. The molecule has 6 nitrogen and oxygen atoms in total. The number of nitrogens with one attached hydrogen (secondary N) is 1. The first-order valence-electron chi connectivity index (χ1n) is 9.85. The van der Waals surface area contributed by atoms with Gasteiger partial charge < -0.3 is 5.32 Å². The number of carbonyl (C=O) groups is 1. The third kappa shape index (κ3) is 5.92. The molecular weight excluding hydrogens is 442 g/mol. The molecule has 1 saturated heterocycles. The number of amides is 1. The highest BCUT2D eigenvalue weighted by Crippen LogP contribution is 2.28. The maximum Gasteiger partial charge on any atom is 0.243 e. The van der Waals surface area contributed by atoms with Gasteiger partial charge in [0, 0.05) is 44.0 Å². The quantitative estimate of drug-likeness (QED) is 0.531. The molecule has 0 spiro atoms. The number of anilines is 1. The lowest BCUT2D eigenvalue weighted by Crippen LogP contribution is -2.28. The molecule has 3 rings (SSSR count). The number of hydrogen-bond donors (Lipinski definition) is 1. The molecule has 30 heavy (non-hydrogen) atoms. The number of carbonyl (C=O) groups excluding carboxylic acids is 1. The van der Waals surface area contributed by atoms with Crippen molar-refractivity contribution in [1.29, 1.82) is 0 Å². The Kier molecular flexibility index (Phi) is 8.07. The average molecular weight is 468 g/mol. The Balaban J connectivity index is 1.63. The maximum absolute atomic E-state index is 12.8. The Labute approximate surface area is 187 Å². The van der Waals surface area contributed by atoms with Crippen molar-refractivity contribution in [3.63, 3.8) is 0 Å². The molecule has 1 aromatic heterocycles. The lowest BCUT2D eigenvalue weighted by Gasteiger charge is -2.20. The zero-order valence-electron chi connectivity index (χ0n) is 16.7. The van der Waals surface area contributed by atoms with E-state index in [1.165, 1.54) is 27.4 Å². The van der Waals surface area contributed by atoms with Gasteiger partial charge in [0.1, 0.15) is 0 Å². The summed E-state index contributed by atoms with van der Waals surface area (Å²) in [7, 11) is -3.57. The minimum Gasteiger partial charge on any atom is -0.325 e. The summed E-state index contributed by atoms with van der Waals surface area (Å²) in [6, 6.07) is 8.51. The van der Waals surface area contributed by atoms with Gasteiger partial charge in [-0.05, 0) is 42.5 Å². The van der Waals surface area contributed by atoms with E-state index in [1.54, 1.807) is 11.3 Å². The van der Waals surface area contributed by atoms with E-state index < -0.39 is 10.0 Å². The van der Waals surface area contributed by atoms with Crippen LogP contribution in [-0.4, -0.2) is 49.7 Å². The molecule has 9 heteroatoms. The van der Waals surface area contributed by atoms with Crippen LogP contribution in [0.5, 0.6) is 0 Å². The van der Waals surface area contributed by atoms with Crippen molar-refractivity contribution in [3.8, 4) is 0 Å². The van der Waals surface area contributed by atoms with Gasteiger partial charge in [0.15, 0.2) is 0 Å². The maximum atomic E-state index is 12.8. The van der Waals surface area contributed by atoms with Gasteiger partial charge in [-0.2, -0.15) is 4.31 Å². The first-order valence-corrected chi connectivity index (χ1v) is 12.5. The molecule has 162 valence electrons. The second kappa shape index (κ2) is 10.5. The number of halogens is 1. The van der Waals surface area contributed by atoms with Crippen LogP contribution in [-0.2, 0) is 21.4 Å². The Bertz CT molecular complexity index is 971. The van der Waals surface area contributed by atoms with Crippen molar-refractivity contribution in [3.05, 3.63) is 58.3 Å². The molecule has 1 fully saturated rings. The summed E-state index contributed by atoms with van der Waals surface area (Å²) in [5.41, 5.74) is 0.315. The van der Waals surface area contributed by atoms with Crippen LogP contribution in [0, 0.1) is 0 Å². The monoisotopic (exact) mass is 467 g/mol. The summed E-state index contributed by atoms with van der Waals surface area (Å²) in [5, 5.41) is 5.10. The first-order chi connectivity index (χ1) is 14.4. The van der Waals surface area contributed by atoms with Crippen LogP contribution in [0.25, 0.3) is 0 Å². The summed E-state index contributed by atoms with van der Waals surface area (Å²) in [5.74, 6) is -0.215. The van der Waals surface area contributed by atoms with Crippen molar-refractivity contribution < 1.29 is 13.2 Å². The van der Waals surface area contributed by atoms with E-state index in [-0.39, 0.29) is 17.2 Å². The molecule has 0 saturated carbocycles. The Morgan fingerprint density at radius 3 is 2.73 bits per heavy atom. The van der Waals surface area contributed by atoms with Crippen LogP contribution in [0.1, 0.15) is 24.1 Å². The smallest absolute Gasteiger partial charge is 0.243 e. The molecule has 0 bridgehead atoms. The molecule has 0 aliphatic carbocycles. The summed E-state index contributed by atoms with van der Waals surface area (Å²) < 4.78 is 27.0. The van der Waals surface area contributed by atoms with Crippen molar-refractivity contribution in [1.82, 2.24) is 9.21 Å². The normalized spacial score (nSPS) is 14.9. The van der Waals surface area contributed by atoms with Crippen LogP contribution in [0.3, 0.4) is 0 Å². The lowest BCUT2D eigenvalue weighted by atomic mass is 10.3. The van der Waals surface area contributed by atoms with Crippen molar-refractivity contribution in [2.24, 2.45) is 0 Å². The number of thiophene rings is 1. The molecule has 2 heterocycles. The van der Waals surface area contributed by atoms with Gasteiger partial charge in [0.2, 0.25) is 15.9 Å². The molecule has 1 aliphatic heterocycles. The summed E-state index contributed by atoms with van der Waals surface area (Å²) in [6.45, 7) is 6.81. The van der Waals surface area contributed by atoms with Crippen LogP contribution in [0.2, 0.25) is 5.02 Å². The van der Waals surface area contributed by atoms with E-state index >= 15 is 0 Å². The summed E-state index contributed by atoms with van der Waals surface area (Å²) in [4.78, 5) is 16.0. The van der Waals surface area contributed by atoms with E-state index in [0.717, 1.165) is 19.4 Å². The zero-order chi connectivity index (χ0) is 21.6. The van der Waals surface area contributed by atoms with E-state index in [9.17, 15) is 13.2 Å². The van der Waals surface area contributed by atoms with Gasteiger partial charge in [-0.25, -0.2) is 8.42 Å². The highest BCUT2D eigenvalue weighted by molar-refractivity contribution is 7.89. The number of rotatable bonds is 10. The van der Waals surface area contributed by atoms with Crippen LogP contribution < -0.4 is 5.32 Å². The average Bonchev–Trinajstić information content (AvgIpc) is 3.42. The van der Waals surface area contributed by atoms with Gasteiger partial charge >= 0.3 is 0 Å². The molecule has 0 radical (unpaired) electrons. The minimum atomic E-state index is -3.57. The van der Waals surface area contributed by atoms with Crippen LogP contribution >= 0.6 is 22.9 Å². The molecule has 0 unspecified atom stereocenters. The van der Waals surface area contributed by atoms with Crippen LogP contribution in [0.4, 0.5) is 5.69 Å². The van der Waals surface area contributed by atoms with Crippen molar-refractivity contribution >= 4 is 44.6 Å². The Hall–Kier alpha value is -1.71. The van der Waals surface area contributed by atoms with Gasteiger partial charge in [0.05, 0.1) is 15.6 Å². The molecule has 2 aromatic rings. The molecule has 1 aromatic carbocycles. The fourth-order valence-electron chi connectivity index (χ4n) is 3.35. The number of nitrogens with zero attached hydrogens (tertiary/aromatic N) is 2. The predicted molar refractivity (Wildman–Crippen MR) is 122 cm³/mol. The van der Waals surface area contributed by atoms with E-state index in [2.05, 4.69) is 22.9 Å². The Morgan fingerprint density at radius 2 is 2.07 bits per heavy atom. The second-order valence-electron chi connectivity index (χ2n) is 7.15. The lowest BCUT2D eigenvalue weighted by molar-refractivity contribution is -0.116. The first kappa shape index (κ1) is 23.0. The highest BCUT2D eigenvalue weighted by atomic mass is 35.5. The number of hydrogen-bond acceptors (Lipinski definition) is 5. The van der Waals surface area contributed by atoms with Gasteiger partial charge in [0.25, 0.3) is 0 Å². The van der Waals surface area contributed by atoms with E-state index in [4.69, 9.17) is 11.6 Å². The summed E-state index contributed by atoms with van der Waals surface area (Å²) in [6.07, 6.45) is 3.81. The topological polar surface area (TPSA) is 69.7 Å². The molecular formula is C21H26ClN3O3S2. The number of sulfonamides is 1. The minimum absolute atomic E-state index is 0.148. The second-order valence-corrected chi connectivity index (χ2v) is 10.5. The SMILES string of the molecule is C=CCN(CCC(=O)Nc1cc(S(=O)(=O)N2CCCC2)ccc1Cl)Cc1cccs1. The van der Waals surface area contributed by atoms with Gasteiger partial charge in [-0.3, -0.25) is 9.69 Å². The molecule has 0 atom stereocenters. The fraction of sp³-hybridized carbons (Fsp3) is 0.381. The van der Waals surface area contributed by atoms with E-state index in [1.807, 2.05) is 17.5 Å². The van der Waals surface area contributed by atoms with E-state index in [0.29, 0.717) is 36.9 Å². The Morgan fingerprint density at radius 1 is 1.30 bits per heavy atom. The fourth-order valence-corrected chi connectivity index (χ4v) is 5.81. The molecule has 1 aliphatic rings. The summed E-state index contributed by atoms with van der Waals surface area (Å²) >= 11 is 7.89. The van der Waals surface area contributed by atoms with Crippen LogP contribution in [0.15, 0.2) is 53.3 Å². The van der Waals surface area contributed by atoms with Gasteiger partial charge in [-0.1, -0.05) is 23.7 Å². The van der Waals surface area contributed by atoms with Gasteiger partial charge in [-0.15, -0.1) is 17.9 Å². The van der Waals surface area contributed by atoms with Crippen molar-refractivity contribution in [2.45, 2.75) is 30.7 Å². The molecule has 1 N–H and O–H groups in total. The molecule has 1 amide bonds. The third-order valence-corrected chi connectivity index (χ3v) is 8.00. The third-order valence-electron chi connectivity index (χ3n) is 4.92. The zero-order valence-corrected chi connectivity index (χ0v) is 19.1. The van der Waals surface area contributed by atoms with Crippen molar-refractivity contribution in [2.75, 3.05) is 31.5 Å². The predicted octanol–water partition coefficient (Wildman–Crippen LogP) is 4.20. The highest BCUT2D eigenvalue weighted by Gasteiger charge is 2.27. The largest absolute Gasteiger partial charge is 0.325 e.